The number of rotatable bonds is 8. The molecule has 0 unspecified atom stereocenters. The summed E-state index contributed by atoms with van der Waals surface area (Å²) in [5.41, 5.74) is 2.39. The zero-order valence-corrected chi connectivity index (χ0v) is 21.9. The number of hydrogen-bond donors (Lipinski definition) is 1. The van der Waals surface area contributed by atoms with Gasteiger partial charge < -0.3 is 19.1 Å². The predicted octanol–water partition coefficient (Wildman–Crippen LogP) is 2.92. The van der Waals surface area contributed by atoms with Crippen molar-refractivity contribution in [1.82, 2.24) is 24.1 Å². The van der Waals surface area contributed by atoms with Gasteiger partial charge in [-0.25, -0.2) is 4.68 Å². The lowest BCUT2D eigenvalue weighted by atomic mass is 10.2. The number of nitrogens with zero attached hydrogens (tertiary/aromatic N) is 4. The van der Waals surface area contributed by atoms with Gasteiger partial charge in [0.1, 0.15) is 12.4 Å². The second-order valence-electron chi connectivity index (χ2n) is 9.82. The largest absolute Gasteiger partial charge is 0.489 e. The van der Waals surface area contributed by atoms with E-state index in [4.69, 9.17) is 4.74 Å². The number of piperazine rings is 1. The van der Waals surface area contributed by atoms with Crippen LogP contribution in [0.25, 0.3) is 16.6 Å². The highest BCUT2D eigenvalue weighted by molar-refractivity contribution is 5.80. The average Bonchev–Trinajstić information content (AvgIpc) is 3.26. The fourth-order valence-corrected chi connectivity index (χ4v) is 4.90. The van der Waals surface area contributed by atoms with Crippen molar-refractivity contribution in [1.29, 1.82) is 0 Å². The van der Waals surface area contributed by atoms with E-state index in [1.165, 1.54) is 10.7 Å². The molecule has 1 aliphatic heterocycles. The SMILES string of the molecule is Cc1c2c(=O)n(-c3ccc(OCc4ccccc4)cc3)[nH]c2cc(=O)n1CCCC(=O)N1CCN(C)CC1. The molecule has 0 spiro atoms. The monoisotopic (exact) mass is 515 g/mol. The minimum absolute atomic E-state index is 0.116. The topological polar surface area (TPSA) is 92.6 Å². The average molecular weight is 516 g/mol. The van der Waals surface area contributed by atoms with Crippen molar-refractivity contribution >= 4 is 16.8 Å². The van der Waals surface area contributed by atoms with Gasteiger partial charge in [0.15, 0.2) is 0 Å². The van der Waals surface area contributed by atoms with Crippen LogP contribution >= 0.6 is 0 Å². The molecular formula is C29H33N5O4. The molecule has 1 amide bonds. The highest BCUT2D eigenvalue weighted by Crippen LogP contribution is 2.18. The Morgan fingerprint density at radius 2 is 1.68 bits per heavy atom. The molecule has 1 saturated heterocycles. The van der Waals surface area contributed by atoms with Crippen molar-refractivity contribution < 1.29 is 9.53 Å². The Bertz CT molecular complexity index is 1530. The van der Waals surface area contributed by atoms with E-state index < -0.39 is 0 Å². The third-order valence-electron chi connectivity index (χ3n) is 7.19. The number of hydrogen-bond acceptors (Lipinski definition) is 5. The number of aryl methyl sites for hydroxylation is 1. The van der Waals surface area contributed by atoms with Gasteiger partial charge in [-0.2, -0.15) is 0 Å². The van der Waals surface area contributed by atoms with E-state index in [1.54, 1.807) is 11.5 Å². The molecule has 0 saturated carbocycles. The molecule has 0 radical (unpaired) electrons. The predicted molar refractivity (Wildman–Crippen MR) is 147 cm³/mol. The van der Waals surface area contributed by atoms with E-state index in [2.05, 4.69) is 17.0 Å². The lowest BCUT2D eigenvalue weighted by Gasteiger charge is -2.32. The first-order chi connectivity index (χ1) is 18.4. The van der Waals surface area contributed by atoms with Crippen molar-refractivity contribution in [2.45, 2.75) is 32.9 Å². The smallest absolute Gasteiger partial charge is 0.280 e. The Labute approximate surface area is 220 Å². The minimum Gasteiger partial charge on any atom is -0.489 e. The highest BCUT2D eigenvalue weighted by Gasteiger charge is 2.19. The molecule has 0 aliphatic carbocycles. The molecule has 9 nitrogen and oxygen atoms in total. The van der Waals surface area contributed by atoms with Gasteiger partial charge in [0.25, 0.3) is 11.1 Å². The Morgan fingerprint density at radius 3 is 2.39 bits per heavy atom. The zero-order chi connectivity index (χ0) is 26.6. The number of likely N-dealkylation sites (N-methyl/N-ethyl adjacent to an activating group) is 1. The van der Waals surface area contributed by atoms with Gasteiger partial charge >= 0.3 is 0 Å². The maximum absolute atomic E-state index is 13.3. The van der Waals surface area contributed by atoms with Crippen LogP contribution in [-0.2, 0) is 17.9 Å². The number of benzene rings is 2. The summed E-state index contributed by atoms with van der Waals surface area (Å²) in [5.74, 6) is 0.814. The molecule has 4 aromatic rings. The van der Waals surface area contributed by atoms with Crippen LogP contribution in [0.2, 0.25) is 0 Å². The van der Waals surface area contributed by atoms with Gasteiger partial charge in [0.05, 0.1) is 16.6 Å². The number of pyridine rings is 1. The molecule has 5 rings (SSSR count). The summed E-state index contributed by atoms with van der Waals surface area (Å²) in [6, 6.07) is 18.6. The molecule has 0 atom stereocenters. The Hall–Kier alpha value is -4.11. The van der Waals surface area contributed by atoms with Crippen LogP contribution in [0.4, 0.5) is 0 Å². The second kappa shape index (κ2) is 11.1. The third-order valence-corrected chi connectivity index (χ3v) is 7.19. The van der Waals surface area contributed by atoms with Crippen molar-refractivity contribution in [2.24, 2.45) is 0 Å². The fraction of sp³-hybridized carbons (Fsp3) is 0.345. The quantitative estimate of drug-likeness (QED) is 0.390. The first kappa shape index (κ1) is 25.5. The Morgan fingerprint density at radius 1 is 0.974 bits per heavy atom. The van der Waals surface area contributed by atoms with Crippen LogP contribution in [0.1, 0.15) is 24.1 Å². The Kier molecular flexibility index (Phi) is 7.46. The maximum atomic E-state index is 13.3. The highest BCUT2D eigenvalue weighted by atomic mass is 16.5. The molecule has 1 N–H and O–H groups in total. The summed E-state index contributed by atoms with van der Waals surface area (Å²) >= 11 is 0. The van der Waals surface area contributed by atoms with Gasteiger partial charge in [-0.3, -0.25) is 19.5 Å². The van der Waals surface area contributed by atoms with E-state index in [1.807, 2.05) is 59.5 Å². The summed E-state index contributed by atoms with van der Waals surface area (Å²) < 4.78 is 8.89. The fourth-order valence-electron chi connectivity index (χ4n) is 4.90. The lowest BCUT2D eigenvalue weighted by Crippen LogP contribution is -2.47. The van der Waals surface area contributed by atoms with Crippen molar-refractivity contribution in [3.8, 4) is 11.4 Å². The van der Waals surface area contributed by atoms with Crippen LogP contribution < -0.4 is 15.9 Å². The van der Waals surface area contributed by atoms with Crippen LogP contribution in [0.15, 0.2) is 70.3 Å². The van der Waals surface area contributed by atoms with Gasteiger partial charge in [0.2, 0.25) is 5.91 Å². The third kappa shape index (κ3) is 5.43. The summed E-state index contributed by atoms with van der Waals surface area (Å²) in [5, 5.41) is 3.54. The second-order valence-corrected chi connectivity index (χ2v) is 9.82. The van der Waals surface area contributed by atoms with E-state index >= 15 is 0 Å². The van der Waals surface area contributed by atoms with Crippen LogP contribution in [-0.4, -0.2) is 63.3 Å². The van der Waals surface area contributed by atoms with E-state index in [-0.39, 0.29) is 17.0 Å². The van der Waals surface area contributed by atoms with Gasteiger partial charge in [-0.1, -0.05) is 30.3 Å². The number of aromatic nitrogens is 3. The van der Waals surface area contributed by atoms with E-state index in [0.717, 1.165) is 31.7 Å². The normalized spacial score (nSPS) is 14.2. The number of carbonyl (C=O) groups is 1. The van der Waals surface area contributed by atoms with Crippen LogP contribution in [0.5, 0.6) is 5.75 Å². The van der Waals surface area contributed by atoms with Crippen LogP contribution in [0, 0.1) is 6.92 Å². The zero-order valence-electron chi connectivity index (χ0n) is 21.9. The lowest BCUT2D eigenvalue weighted by molar-refractivity contribution is -0.132. The molecule has 9 heteroatoms. The maximum Gasteiger partial charge on any atom is 0.280 e. The molecule has 198 valence electrons. The van der Waals surface area contributed by atoms with Crippen molar-refractivity contribution in [3.05, 3.63) is 92.6 Å². The first-order valence-corrected chi connectivity index (χ1v) is 13.0. The molecule has 2 aromatic carbocycles. The van der Waals surface area contributed by atoms with E-state index in [0.29, 0.717) is 54.0 Å². The summed E-state index contributed by atoms with van der Waals surface area (Å²) in [6.07, 6.45) is 0.921. The van der Waals surface area contributed by atoms with Crippen molar-refractivity contribution in [3.63, 3.8) is 0 Å². The molecule has 38 heavy (non-hydrogen) atoms. The summed E-state index contributed by atoms with van der Waals surface area (Å²) in [4.78, 5) is 42.9. The number of nitrogens with one attached hydrogen (secondary N) is 1. The number of amides is 1. The van der Waals surface area contributed by atoms with Crippen LogP contribution in [0.3, 0.4) is 0 Å². The first-order valence-electron chi connectivity index (χ1n) is 13.0. The summed E-state index contributed by atoms with van der Waals surface area (Å²) in [6.45, 7) is 5.87. The molecular weight excluding hydrogens is 482 g/mol. The van der Waals surface area contributed by atoms with Gasteiger partial charge in [-0.15, -0.1) is 0 Å². The molecule has 0 bridgehead atoms. The standard InChI is InChI=1S/C29H33N5O4/c1-21-28-25(19-27(36)33(21)14-6-9-26(35)32-17-15-31(2)16-18-32)30-34(29(28)37)23-10-12-24(13-11-23)38-20-22-7-4-3-5-8-22/h3-5,7-8,10-13,19,30H,6,9,14-18,20H2,1-2H3. The summed E-state index contributed by atoms with van der Waals surface area (Å²) in [7, 11) is 2.05. The van der Waals surface area contributed by atoms with Gasteiger partial charge in [0, 0.05) is 50.9 Å². The Balaban J connectivity index is 1.29. The number of carbonyl (C=O) groups excluding carboxylic acids is 1. The van der Waals surface area contributed by atoms with Gasteiger partial charge in [-0.05, 0) is 50.2 Å². The van der Waals surface area contributed by atoms with E-state index in [9.17, 15) is 14.4 Å². The molecule has 3 heterocycles. The number of ether oxygens (including phenoxy) is 1. The molecule has 1 fully saturated rings. The number of fused-ring (bicyclic) bond motifs is 1. The number of aromatic amines is 1. The minimum atomic E-state index is -0.224. The number of H-pyrrole nitrogens is 1. The molecule has 1 aliphatic rings. The molecule has 2 aromatic heterocycles. The van der Waals surface area contributed by atoms with Crippen molar-refractivity contribution in [2.75, 3.05) is 33.2 Å².